The molecule has 2 aromatic rings. The van der Waals surface area contributed by atoms with Crippen molar-refractivity contribution in [3.05, 3.63) is 52.5 Å². The molecule has 1 fully saturated rings. The van der Waals surface area contributed by atoms with Crippen molar-refractivity contribution in [3.8, 4) is 5.75 Å². The van der Waals surface area contributed by atoms with E-state index in [0.717, 1.165) is 6.42 Å². The average Bonchev–Trinajstić information content (AvgIpc) is 3.07. The maximum absolute atomic E-state index is 12.2. The zero-order chi connectivity index (χ0) is 14.8. The van der Waals surface area contributed by atoms with Crippen LogP contribution in [0.3, 0.4) is 0 Å². The number of aryl methyl sites for hydroxylation is 1. The number of ether oxygens (including phenoxy) is 1. The zero-order valence-electron chi connectivity index (χ0n) is 11.6. The largest absolute Gasteiger partial charge is 0.488 e. The number of carbonyl (C=O) groups excluding carboxylic acids is 1. The van der Waals surface area contributed by atoms with Gasteiger partial charge in [0, 0.05) is 19.0 Å². The predicted octanol–water partition coefficient (Wildman–Crippen LogP) is 1.83. The lowest BCUT2D eigenvalue weighted by Gasteiger charge is -2.16. The first-order chi connectivity index (χ1) is 10.1. The Balaban J connectivity index is 1.64. The minimum absolute atomic E-state index is 0.0707. The molecule has 1 aliphatic heterocycles. The molecule has 3 rings (SSSR count). The zero-order valence-corrected chi connectivity index (χ0v) is 11.6. The molecule has 0 bridgehead atoms. The number of nitrogens with zero attached hydrogens (tertiary/aromatic N) is 1. The first-order valence-electron chi connectivity index (χ1n) is 6.72. The van der Waals surface area contributed by atoms with Gasteiger partial charge in [-0.3, -0.25) is 4.79 Å². The molecule has 1 amide bonds. The van der Waals surface area contributed by atoms with Crippen LogP contribution in [-0.2, 0) is 0 Å². The molecule has 2 aromatic heterocycles. The van der Waals surface area contributed by atoms with Gasteiger partial charge in [-0.25, -0.2) is 4.79 Å². The Morgan fingerprint density at radius 2 is 2.29 bits per heavy atom. The van der Waals surface area contributed by atoms with Crippen molar-refractivity contribution in [1.29, 1.82) is 0 Å². The SMILES string of the molecule is Cc1cc(OC2CCN(C(=O)c3ccoc3)C2)cc(=O)o1. The number of likely N-dealkylation sites (tertiary alicyclic amines) is 1. The predicted molar refractivity (Wildman–Crippen MR) is 73.4 cm³/mol. The van der Waals surface area contributed by atoms with Crippen molar-refractivity contribution >= 4 is 5.91 Å². The summed E-state index contributed by atoms with van der Waals surface area (Å²) in [6, 6.07) is 4.62. The molecule has 6 nitrogen and oxygen atoms in total. The minimum atomic E-state index is -0.436. The monoisotopic (exact) mass is 289 g/mol. The second-order valence-electron chi connectivity index (χ2n) is 5.01. The Kier molecular flexibility index (Phi) is 3.51. The maximum atomic E-state index is 12.2. The highest BCUT2D eigenvalue weighted by Gasteiger charge is 2.28. The van der Waals surface area contributed by atoms with E-state index < -0.39 is 5.63 Å². The number of furan rings is 1. The third kappa shape index (κ3) is 2.99. The fourth-order valence-electron chi connectivity index (χ4n) is 2.41. The summed E-state index contributed by atoms with van der Waals surface area (Å²) in [4.78, 5) is 25.2. The molecule has 0 aliphatic carbocycles. The number of rotatable bonds is 3. The van der Waals surface area contributed by atoms with Gasteiger partial charge >= 0.3 is 5.63 Å². The van der Waals surface area contributed by atoms with E-state index in [1.165, 1.54) is 18.6 Å². The number of amides is 1. The second kappa shape index (κ2) is 5.47. The Morgan fingerprint density at radius 3 is 3.00 bits per heavy atom. The highest BCUT2D eigenvalue weighted by Crippen LogP contribution is 2.19. The van der Waals surface area contributed by atoms with Crippen LogP contribution in [0.4, 0.5) is 0 Å². The molecule has 0 N–H and O–H groups in total. The summed E-state index contributed by atoms with van der Waals surface area (Å²) in [6.07, 6.45) is 3.51. The van der Waals surface area contributed by atoms with Crippen LogP contribution >= 0.6 is 0 Å². The van der Waals surface area contributed by atoms with Crippen LogP contribution in [0.15, 0.2) is 44.4 Å². The van der Waals surface area contributed by atoms with Gasteiger partial charge in [0.1, 0.15) is 23.9 Å². The van der Waals surface area contributed by atoms with Gasteiger partial charge in [0.2, 0.25) is 0 Å². The van der Waals surface area contributed by atoms with E-state index in [2.05, 4.69) is 0 Å². The lowest BCUT2D eigenvalue weighted by Crippen LogP contribution is -2.30. The lowest BCUT2D eigenvalue weighted by atomic mass is 10.3. The molecule has 0 saturated carbocycles. The van der Waals surface area contributed by atoms with Gasteiger partial charge in [-0.1, -0.05) is 0 Å². The summed E-state index contributed by atoms with van der Waals surface area (Å²) >= 11 is 0. The first kappa shape index (κ1) is 13.5. The molecule has 0 radical (unpaired) electrons. The first-order valence-corrected chi connectivity index (χ1v) is 6.72. The highest BCUT2D eigenvalue weighted by molar-refractivity contribution is 5.94. The molecule has 1 aliphatic rings. The van der Waals surface area contributed by atoms with Crippen LogP contribution in [0.2, 0.25) is 0 Å². The number of hydrogen-bond acceptors (Lipinski definition) is 5. The topological polar surface area (TPSA) is 72.9 Å². The molecular weight excluding hydrogens is 274 g/mol. The summed E-state index contributed by atoms with van der Waals surface area (Å²) in [7, 11) is 0. The molecule has 110 valence electrons. The molecule has 1 atom stereocenters. The Labute approximate surface area is 120 Å². The molecule has 21 heavy (non-hydrogen) atoms. The van der Waals surface area contributed by atoms with Gasteiger partial charge in [-0.15, -0.1) is 0 Å². The normalized spacial score (nSPS) is 18.0. The average molecular weight is 289 g/mol. The van der Waals surface area contributed by atoms with Crippen molar-refractivity contribution in [2.75, 3.05) is 13.1 Å². The van der Waals surface area contributed by atoms with Crippen LogP contribution in [0.5, 0.6) is 5.75 Å². The molecule has 0 spiro atoms. The third-order valence-corrected chi connectivity index (χ3v) is 3.37. The third-order valence-electron chi connectivity index (χ3n) is 3.37. The van der Waals surface area contributed by atoms with Gasteiger partial charge < -0.3 is 18.5 Å². The molecule has 6 heteroatoms. The second-order valence-corrected chi connectivity index (χ2v) is 5.01. The van der Waals surface area contributed by atoms with Crippen LogP contribution in [0.25, 0.3) is 0 Å². The van der Waals surface area contributed by atoms with Crippen LogP contribution in [0.1, 0.15) is 22.5 Å². The van der Waals surface area contributed by atoms with Gasteiger partial charge in [0.05, 0.1) is 24.4 Å². The van der Waals surface area contributed by atoms with Crippen molar-refractivity contribution in [3.63, 3.8) is 0 Å². The fourth-order valence-corrected chi connectivity index (χ4v) is 2.41. The van der Waals surface area contributed by atoms with E-state index in [9.17, 15) is 9.59 Å². The van der Waals surface area contributed by atoms with E-state index >= 15 is 0 Å². The summed E-state index contributed by atoms with van der Waals surface area (Å²) in [6.45, 7) is 2.80. The molecule has 0 aromatic carbocycles. The van der Waals surface area contributed by atoms with Crippen LogP contribution in [-0.4, -0.2) is 30.0 Å². The van der Waals surface area contributed by atoms with E-state index in [-0.39, 0.29) is 12.0 Å². The van der Waals surface area contributed by atoms with Gasteiger partial charge in [-0.2, -0.15) is 0 Å². The fraction of sp³-hybridized carbons (Fsp3) is 0.333. The molecule has 1 saturated heterocycles. The molecular formula is C15H15NO5. The van der Waals surface area contributed by atoms with Crippen molar-refractivity contribution < 1.29 is 18.4 Å². The lowest BCUT2D eigenvalue weighted by molar-refractivity contribution is 0.0771. The number of hydrogen-bond donors (Lipinski definition) is 0. The summed E-state index contributed by atoms with van der Waals surface area (Å²) in [5.41, 5.74) is 0.0983. The quantitative estimate of drug-likeness (QED) is 0.862. The molecule has 1 unspecified atom stereocenters. The summed E-state index contributed by atoms with van der Waals surface area (Å²) in [5, 5.41) is 0. The standard InChI is InChI=1S/C15H15NO5/c1-10-6-13(7-14(17)20-10)21-12-2-4-16(8-12)15(18)11-3-5-19-9-11/h3,5-7,9,12H,2,4,8H2,1H3. The van der Waals surface area contributed by atoms with Gasteiger partial charge in [0.25, 0.3) is 5.91 Å². The van der Waals surface area contributed by atoms with Crippen molar-refractivity contribution in [2.24, 2.45) is 0 Å². The van der Waals surface area contributed by atoms with Gasteiger partial charge in [-0.05, 0) is 13.0 Å². The highest BCUT2D eigenvalue weighted by atomic mass is 16.5. The van der Waals surface area contributed by atoms with Crippen LogP contribution < -0.4 is 10.4 Å². The van der Waals surface area contributed by atoms with E-state index in [0.29, 0.717) is 30.2 Å². The summed E-state index contributed by atoms with van der Waals surface area (Å²) < 4.78 is 15.6. The van der Waals surface area contributed by atoms with Crippen molar-refractivity contribution in [2.45, 2.75) is 19.4 Å². The Hall–Kier alpha value is -2.50. The minimum Gasteiger partial charge on any atom is -0.488 e. The molecule has 3 heterocycles. The maximum Gasteiger partial charge on any atom is 0.339 e. The van der Waals surface area contributed by atoms with Crippen molar-refractivity contribution in [1.82, 2.24) is 4.90 Å². The van der Waals surface area contributed by atoms with Crippen LogP contribution in [0, 0.1) is 6.92 Å². The van der Waals surface area contributed by atoms with E-state index in [4.69, 9.17) is 13.6 Å². The van der Waals surface area contributed by atoms with Gasteiger partial charge in [0.15, 0.2) is 0 Å². The summed E-state index contributed by atoms with van der Waals surface area (Å²) in [5.74, 6) is 0.909. The number of carbonyl (C=O) groups is 1. The Bertz CT molecular complexity index is 688. The Morgan fingerprint density at radius 1 is 1.43 bits per heavy atom. The van der Waals surface area contributed by atoms with E-state index in [1.54, 1.807) is 24.0 Å². The van der Waals surface area contributed by atoms with E-state index in [1.807, 2.05) is 0 Å². The smallest absolute Gasteiger partial charge is 0.339 e.